The first-order chi connectivity index (χ1) is 12.0. The number of hydrogen-bond acceptors (Lipinski definition) is 7. The highest BCUT2D eigenvalue weighted by atomic mass is 32.2. The lowest BCUT2D eigenvalue weighted by molar-refractivity contribution is 0.0695. The molecule has 0 aromatic heterocycles. The van der Waals surface area contributed by atoms with Gasteiger partial charge in [-0.1, -0.05) is 0 Å². The van der Waals surface area contributed by atoms with E-state index >= 15 is 0 Å². The quantitative estimate of drug-likeness (QED) is 0.334. The van der Waals surface area contributed by atoms with E-state index in [1.807, 2.05) is 0 Å². The molecule has 0 saturated heterocycles. The van der Waals surface area contributed by atoms with E-state index in [9.17, 15) is 21.6 Å². The van der Waals surface area contributed by atoms with Gasteiger partial charge in [0.15, 0.2) is 0 Å². The number of carbonyl (C=O) groups is 1. The number of benzene rings is 1. The van der Waals surface area contributed by atoms with Crippen LogP contribution in [0.4, 0.5) is 0 Å². The summed E-state index contributed by atoms with van der Waals surface area (Å²) in [5.41, 5.74) is -0.106. The molecular formula is C14H20O10S2. The Morgan fingerprint density at radius 1 is 0.808 bits per heavy atom. The third kappa shape index (κ3) is 10.2. The lowest BCUT2D eigenvalue weighted by atomic mass is 10.2. The minimum absolute atomic E-state index is 0.0158. The summed E-state index contributed by atoms with van der Waals surface area (Å²) in [7, 11) is -8.13. The molecule has 1 aromatic rings. The molecule has 1 aromatic carbocycles. The van der Waals surface area contributed by atoms with Crippen molar-refractivity contribution < 1.29 is 45.3 Å². The highest BCUT2D eigenvalue weighted by Gasteiger charge is 2.10. The molecule has 3 N–H and O–H groups in total. The largest absolute Gasteiger partial charge is 0.493 e. The second-order valence-corrected chi connectivity index (χ2v) is 8.47. The van der Waals surface area contributed by atoms with Crippen LogP contribution in [0.3, 0.4) is 0 Å². The summed E-state index contributed by atoms with van der Waals surface area (Å²) in [5, 5.41) is 9.09. The molecule has 0 aliphatic carbocycles. The van der Waals surface area contributed by atoms with E-state index in [2.05, 4.69) is 0 Å². The Bertz CT molecular complexity index is 814. The molecule has 10 nitrogen and oxygen atoms in total. The van der Waals surface area contributed by atoms with E-state index in [0.717, 1.165) is 0 Å². The highest BCUT2D eigenvalue weighted by Crippen LogP contribution is 2.23. The maximum absolute atomic E-state index is 11.1. The number of ether oxygens (including phenoxy) is 2. The Balaban J connectivity index is 2.61. The van der Waals surface area contributed by atoms with Crippen LogP contribution < -0.4 is 9.47 Å². The minimum Gasteiger partial charge on any atom is -0.493 e. The molecule has 0 spiro atoms. The number of rotatable bonds is 12. The molecule has 0 atom stereocenters. The van der Waals surface area contributed by atoms with Crippen molar-refractivity contribution in [1.29, 1.82) is 0 Å². The Kier molecular flexibility index (Phi) is 8.27. The van der Waals surface area contributed by atoms with Gasteiger partial charge in [0, 0.05) is 6.07 Å². The normalized spacial score (nSPS) is 11.9. The van der Waals surface area contributed by atoms with Gasteiger partial charge in [-0.05, 0) is 31.4 Å². The summed E-state index contributed by atoms with van der Waals surface area (Å²) in [4.78, 5) is 11.1. The van der Waals surface area contributed by atoms with E-state index in [4.69, 9.17) is 23.7 Å². The topological polar surface area (TPSA) is 164 Å². The van der Waals surface area contributed by atoms with Gasteiger partial charge in [0.25, 0.3) is 20.2 Å². The van der Waals surface area contributed by atoms with Crippen LogP contribution in [0, 0.1) is 0 Å². The van der Waals surface area contributed by atoms with Crippen LogP contribution in [0.25, 0.3) is 0 Å². The SMILES string of the molecule is O=C(O)c1cc(OCCCCS(=O)(=O)O)cc(OCCCS(=O)(=O)O)c1. The first-order valence-electron chi connectivity index (χ1n) is 7.50. The maximum Gasteiger partial charge on any atom is 0.335 e. The first-order valence-corrected chi connectivity index (χ1v) is 10.7. The van der Waals surface area contributed by atoms with Crippen LogP contribution in [-0.4, -0.2) is 61.7 Å². The number of aromatic carboxylic acids is 1. The predicted octanol–water partition coefficient (Wildman–Crippen LogP) is 1.09. The Labute approximate surface area is 151 Å². The molecule has 148 valence electrons. The van der Waals surface area contributed by atoms with Crippen LogP contribution >= 0.6 is 0 Å². The average molecular weight is 412 g/mol. The van der Waals surface area contributed by atoms with Gasteiger partial charge in [-0.3, -0.25) is 9.11 Å². The summed E-state index contributed by atoms with van der Waals surface area (Å²) in [6, 6.07) is 3.90. The van der Waals surface area contributed by atoms with Gasteiger partial charge in [0.1, 0.15) is 11.5 Å². The Hall–Kier alpha value is -1.89. The second-order valence-electron chi connectivity index (χ2n) is 5.33. The second kappa shape index (κ2) is 9.71. The van der Waals surface area contributed by atoms with Gasteiger partial charge >= 0.3 is 5.97 Å². The fourth-order valence-electron chi connectivity index (χ4n) is 1.87. The molecule has 0 bridgehead atoms. The zero-order chi connectivity index (χ0) is 19.8. The number of unbranched alkanes of at least 4 members (excludes halogenated alkanes) is 1. The Morgan fingerprint density at radius 3 is 1.73 bits per heavy atom. The van der Waals surface area contributed by atoms with Gasteiger partial charge < -0.3 is 14.6 Å². The third-order valence-corrected chi connectivity index (χ3v) is 4.62. The smallest absolute Gasteiger partial charge is 0.335 e. The molecule has 0 amide bonds. The minimum atomic E-state index is -4.10. The lowest BCUT2D eigenvalue weighted by Gasteiger charge is -2.11. The summed E-state index contributed by atoms with van der Waals surface area (Å²) in [6.07, 6.45) is 0.514. The molecule has 0 heterocycles. The van der Waals surface area contributed by atoms with Crippen molar-refractivity contribution in [2.75, 3.05) is 24.7 Å². The molecule has 1 rings (SSSR count). The van der Waals surface area contributed by atoms with Crippen LogP contribution in [0.2, 0.25) is 0 Å². The molecule has 12 heteroatoms. The van der Waals surface area contributed by atoms with Crippen molar-refractivity contribution >= 4 is 26.2 Å². The fourth-order valence-corrected chi connectivity index (χ4v) is 2.92. The van der Waals surface area contributed by atoms with Crippen LogP contribution in [0.5, 0.6) is 11.5 Å². The van der Waals surface area contributed by atoms with Gasteiger partial charge in [-0.15, -0.1) is 0 Å². The van der Waals surface area contributed by atoms with Gasteiger partial charge in [-0.2, -0.15) is 16.8 Å². The van der Waals surface area contributed by atoms with Gasteiger partial charge in [0.05, 0.1) is 30.3 Å². The van der Waals surface area contributed by atoms with E-state index in [0.29, 0.717) is 6.42 Å². The molecule has 0 radical (unpaired) electrons. The fraction of sp³-hybridized carbons (Fsp3) is 0.500. The van der Waals surface area contributed by atoms with Crippen molar-refractivity contribution in [3.8, 4) is 11.5 Å². The molecule has 0 fully saturated rings. The highest BCUT2D eigenvalue weighted by molar-refractivity contribution is 7.86. The zero-order valence-electron chi connectivity index (χ0n) is 13.7. The van der Waals surface area contributed by atoms with E-state index in [1.165, 1.54) is 18.2 Å². The summed E-state index contributed by atoms with van der Waals surface area (Å²) >= 11 is 0. The molecule has 0 unspecified atom stereocenters. The number of carboxylic acid groups (broad SMARTS) is 1. The zero-order valence-corrected chi connectivity index (χ0v) is 15.3. The molecular weight excluding hydrogens is 392 g/mol. The Morgan fingerprint density at radius 2 is 1.27 bits per heavy atom. The van der Waals surface area contributed by atoms with Crippen LogP contribution in [0.1, 0.15) is 29.6 Å². The summed E-state index contributed by atoms with van der Waals surface area (Å²) in [5.74, 6) is -1.77. The van der Waals surface area contributed by atoms with Crippen molar-refractivity contribution in [2.24, 2.45) is 0 Å². The molecule has 26 heavy (non-hydrogen) atoms. The van der Waals surface area contributed by atoms with Crippen LogP contribution in [0.15, 0.2) is 18.2 Å². The number of hydrogen-bond donors (Lipinski definition) is 3. The van der Waals surface area contributed by atoms with Crippen molar-refractivity contribution in [3.05, 3.63) is 23.8 Å². The third-order valence-electron chi connectivity index (χ3n) is 3.01. The predicted molar refractivity (Wildman–Crippen MR) is 91.1 cm³/mol. The van der Waals surface area contributed by atoms with Crippen LogP contribution in [-0.2, 0) is 20.2 Å². The summed E-state index contributed by atoms with van der Waals surface area (Å²) in [6.45, 7) is 0.0391. The van der Waals surface area contributed by atoms with Crippen molar-refractivity contribution in [1.82, 2.24) is 0 Å². The lowest BCUT2D eigenvalue weighted by Crippen LogP contribution is -2.09. The van der Waals surface area contributed by atoms with E-state index in [1.54, 1.807) is 0 Å². The summed E-state index contributed by atoms with van der Waals surface area (Å²) < 4.78 is 70.3. The van der Waals surface area contributed by atoms with E-state index < -0.39 is 37.7 Å². The maximum atomic E-state index is 11.1. The number of carboxylic acids is 1. The molecule has 0 saturated carbocycles. The van der Waals surface area contributed by atoms with Gasteiger partial charge in [0.2, 0.25) is 0 Å². The van der Waals surface area contributed by atoms with Crippen molar-refractivity contribution in [3.63, 3.8) is 0 Å². The first kappa shape index (κ1) is 22.2. The average Bonchev–Trinajstić information content (AvgIpc) is 2.49. The standard InChI is InChI=1S/C14H20O10S2/c15-14(16)11-8-12(23-4-1-2-6-25(17,18)19)10-13(9-11)24-5-3-7-26(20,21)22/h8-10H,1-7H2,(H,15,16)(H,17,18,19)(H,20,21,22). The molecule has 0 aliphatic heterocycles. The van der Waals surface area contributed by atoms with Crippen molar-refractivity contribution in [2.45, 2.75) is 19.3 Å². The molecule has 0 aliphatic rings. The van der Waals surface area contributed by atoms with Gasteiger partial charge in [-0.25, -0.2) is 4.79 Å². The monoisotopic (exact) mass is 412 g/mol. The van der Waals surface area contributed by atoms with E-state index in [-0.39, 0.29) is 43.1 Å².